The van der Waals surface area contributed by atoms with E-state index in [1.54, 1.807) is 6.08 Å². The van der Waals surface area contributed by atoms with Crippen molar-refractivity contribution in [1.82, 2.24) is 10.6 Å². The minimum atomic E-state index is -1.00. The van der Waals surface area contributed by atoms with E-state index in [-0.39, 0.29) is 0 Å². The second-order valence-electron chi connectivity index (χ2n) is 3.16. The molecular formula is C10H18N2O3. The van der Waals surface area contributed by atoms with E-state index in [0.29, 0.717) is 25.8 Å². The number of carbonyl (C=O) groups excluding carboxylic acids is 1. The summed E-state index contributed by atoms with van der Waals surface area (Å²) >= 11 is 0. The maximum Gasteiger partial charge on any atom is 0.326 e. The molecule has 0 aromatic rings. The first-order valence-corrected chi connectivity index (χ1v) is 4.99. The van der Waals surface area contributed by atoms with Crippen LogP contribution in [0.3, 0.4) is 0 Å². The molecule has 0 bridgehead atoms. The number of nitrogens with one attached hydrogen (secondary N) is 2. The molecule has 0 fully saturated rings. The summed E-state index contributed by atoms with van der Waals surface area (Å²) in [5.41, 5.74) is 0. The van der Waals surface area contributed by atoms with Gasteiger partial charge in [-0.05, 0) is 12.8 Å². The number of hydrogen-bond donors (Lipinski definition) is 3. The summed E-state index contributed by atoms with van der Waals surface area (Å²) in [6.07, 6.45) is 3.49. The van der Waals surface area contributed by atoms with Gasteiger partial charge in [0, 0.05) is 6.54 Å². The van der Waals surface area contributed by atoms with Crippen molar-refractivity contribution >= 4 is 12.0 Å². The zero-order valence-electron chi connectivity index (χ0n) is 8.95. The van der Waals surface area contributed by atoms with Crippen LogP contribution < -0.4 is 10.6 Å². The number of amides is 2. The minimum absolute atomic E-state index is 0.435. The molecule has 5 heteroatoms. The topological polar surface area (TPSA) is 78.4 Å². The summed E-state index contributed by atoms with van der Waals surface area (Å²) in [4.78, 5) is 21.9. The Labute approximate surface area is 89.6 Å². The van der Waals surface area contributed by atoms with Crippen molar-refractivity contribution in [3.63, 3.8) is 0 Å². The van der Waals surface area contributed by atoms with Gasteiger partial charge in [-0.15, -0.1) is 6.58 Å². The SMILES string of the molecule is C=CCCNC(=O)N[C@@H](CCC)C(=O)O. The molecule has 0 aromatic heterocycles. The van der Waals surface area contributed by atoms with Gasteiger partial charge in [0.15, 0.2) is 0 Å². The van der Waals surface area contributed by atoms with Gasteiger partial charge < -0.3 is 15.7 Å². The van der Waals surface area contributed by atoms with Crippen LogP contribution in [0.25, 0.3) is 0 Å². The summed E-state index contributed by atoms with van der Waals surface area (Å²) in [6.45, 7) is 5.84. The Balaban J connectivity index is 3.88. The molecule has 5 nitrogen and oxygen atoms in total. The molecule has 3 N–H and O–H groups in total. The number of carbonyl (C=O) groups is 2. The highest BCUT2D eigenvalue weighted by atomic mass is 16.4. The fourth-order valence-electron chi connectivity index (χ4n) is 1.04. The largest absolute Gasteiger partial charge is 0.480 e. The van der Waals surface area contributed by atoms with Crippen molar-refractivity contribution in [1.29, 1.82) is 0 Å². The first-order valence-electron chi connectivity index (χ1n) is 4.99. The second kappa shape index (κ2) is 7.84. The van der Waals surface area contributed by atoms with Gasteiger partial charge in [-0.3, -0.25) is 0 Å². The van der Waals surface area contributed by atoms with Crippen molar-refractivity contribution in [3.8, 4) is 0 Å². The molecule has 0 saturated heterocycles. The Morgan fingerprint density at radius 2 is 2.20 bits per heavy atom. The number of urea groups is 1. The van der Waals surface area contributed by atoms with Crippen LogP contribution in [-0.2, 0) is 4.79 Å². The first kappa shape index (κ1) is 13.5. The fraction of sp³-hybridized carbons (Fsp3) is 0.600. The van der Waals surface area contributed by atoms with Crippen molar-refractivity contribution in [2.24, 2.45) is 0 Å². The fourth-order valence-corrected chi connectivity index (χ4v) is 1.04. The van der Waals surface area contributed by atoms with Crippen LogP contribution in [0.4, 0.5) is 4.79 Å². The third kappa shape index (κ3) is 6.54. The van der Waals surface area contributed by atoms with E-state index in [1.807, 2.05) is 6.92 Å². The highest BCUT2D eigenvalue weighted by molar-refractivity contribution is 5.82. The molecule has 0 unspecified atom stereocenters. The highest BCUT2D eigenvalue weighted by Crippen LogP contribution is 1.96. The smallest absolute Gasteiger partial charge is 0.326 e. The predicted molar refractivity (Wildman–Crippen MR) is 57.7 cm³/mol. The molecule has 0 rings (SSSR count). The molecule has 0 aromatic carbocycles. The van der Waals surface area contributed by atoms with E-state index in [0.717, 1.165) is 0 Å². The van der Waals surface area contributed by atoms with E-state index < -0.39 is 18.0 Å². The average molecular weight is 214 g/mol. The summed E-state index contributed by atoms with van der Waals surface area (Å²) in [6, 6.07) is -1.25. The molecular weight excluding hydrogens is 196 g/mol. The molecule has 0 saturated carbocycles. The van der Waals surface area contributed by atoms with Crippen LogP contribution in [0, 0.1) is 0 Å². The van der Waals surface area contributed by atoms with Crippen molar-refractivity contribution in [3.05, 3.63) is 12.7 Å². The van der Waals surface area contributed by atoms with Crippen molar-refractivity contribution in [2.45, 2.75) is 32.2 Å². The standard InChI is InChI=1S/C10H18N2O3/c1-3-5-7-11-10(15)12-8(6-4-2)9(13)14/h3,8H,1,4-7H2,2H3,(H,13,14)(H2,11,12,15)/t8-/m0/s1. The molecule has 15 heavy (non-hydrogen) atoms. The van der Waals surface area contributed by atoms with Gasteiger partial charge >= 0.3 is 12.0 Å². The maximum atomic E-state index is 11.2. The van der Waals surface area contributed by atoms with Gasteiger partial charge in [-0.1, -0.05) is 19.4 Å². The third-order valence-corrected chi connectivity index (χ3v) is 1.81. The maximum absolute atomic E-state index is 11.2. The van der Waals surface area contributed by atoms with Gasteiger partial charge in [0.25, 0.3) is 0 Å². The van der Waals surface area contributed by atoms with Crippen molar-refractivity contribution in [2.75, 3.05) is 6.54 Å². The number of carboxylic acids is 1. The van der Waals surface area contributed by atoms with Gasteiger partial charge in [-0.2, -0.15) is 0 Å². The van der Waals surface area contributed by atoms with Gasteiger partial charge in [0.2, 0.25) is 0 Å². The normalized spacial score (nSPS) is 11.5. The molecule has 0 aliphatic carbocycles. The lowest BCUT2D eigenvalue weighted by atomic mass is 10.2. The predicted octanol–water partition coefficient (Wildman–Crippen LogP) is 1.11. The summed E-state index contributed by atoms with van der Waals surface area (Å²) in [5, 5.41) is 13.7. The van der Waals surface area contributed by atoms with Gasteiger partial charge in [-0.25, -0.2) is 9.59 Å². The van der Waals surface area contributed by atoms with E-state index in [1.165, 1.54) is 0 Å². The van der Waals surface area contributed by atoms with Crippen LogP contribution >= 0.6 is 0 Å². The molecule has 0 heterocycles. The monoisotopic (exact) mass is 214 g/mol. The molecule has 0 radical (unpaired) electrons. The molecule has 0 aliphatic rings. The lowest BCUT2D eigenvalue weighted by molar-refractivity contribution is -0.139. The van der Waals surface area contributed by atoms with Crippen LogP contribution in [0.1, 0.15) is 26.2 Å². The Morgan fingerprint density at radius 1 is 1.53 bits per heavy atom. The van der Waals surface area contributed by atoms with Crippen LogP contribution in [0.15, 0.2) is 12.7 Å². The summed E-state index contributed by atoms with van der Waals surface area (Å²) < 4.78 is 0. The Bertz CT molecular complexity index is 229. The minimum Gasteiger partial charge on any atom is -0.480 e. The van der Waals surface area contributed by atoms with E-state index in [4.69, 9.17) is 5.11 Å². The molecule has 86 valence electrons. The van der Waals surface area contributed by atoms with Gasteiger partial charge in [0.1, 0.15) is 6.04 Å². The second-order valence-corrected chi connectivity index (χ2v) is 3.16. The Morgan fingerprint density at radius 3 is 2.67 bits per heavy atom. The quantitative estimate of drug-likeness (QED) is 0.439. The number of aliphatic carboxylic acids is 1. The Kier molecular flexibility index (Phi) is 7.05. The number of hydrogen-bond acceptors (Lipinski definition) is 2. The zero-order valence-corrected chi connectivity index (χ0v) is 8.95. The Hall–Kier alpha value is -1.52. The van der Waals surface area contributed by atoms with Crippen molar-refractivity contribution < 1.29 is 14.7 Å². The third-order valence-electron chi connectivity index (χ3n) is 1.81. The van der Waals surface area contributed by atoms with E-state index in [9.17, 15) is 9.59 Å². The molecule has 2 amide bonds. The first-order chi connectivity index (χ1) is 7.11. The lowest BCUT2D eigenvalue weighted by Crippen LogP contribution is -2.46. The van der Waals surface area contributed by atoms with Crippen LogP contribution in [0.5, 0.6) is 0 Å². The number of rotatable bonds is 7. The molecule has 0 spiro atoms. The summed E-state index contributed by atoms with van der Waals surface area (Å²) in [7, 11) is 0. The highest BCUT2D eigenvalue weighted by Gasteiger charge is 2.17. The summed E-state index contributed by atoms with van der Waals surface area (Å²) in [5.74, 6) is -1.00. The van der Waals surface area contributed by atoms with E-state index >= 15 is 0 Å². The number of carboxylic acid groups (broad SMARTS) is 1. The van der Waals surface area contributed by atoms with Crippen LogP contribution in [-0.4, -0.2) is 29.7 Å². The molecule has 0 aliphatic heterocycles. The average Bonchev–Trinajstić information content (AvgIpc) is 2.17. The van der Waals surface area contributed by atoms with Crippen LogP contribution in [0.2, 0.25) is 0 Å². The molecule has 1 atom stereocenters. The zero-order chi connectivity index (χ0) is 11.7. The lowest BCUT2D eigenvalue weighted by Gasteiger charge is -2.13. The van der Waals surface area contributed by atoms with E-state index in [2.05, 4.69) is 17.2 Å². The van der Waals surface area contributed by atoms with Gasteiger partial charge in [0.05, 0.1) is 0 Å².